The van der Waals surface area contributed by atoms with Gasteiger partial charge in [0.05, 0.1) is 18.4 Å². The summed E-state index contributed by atoms with van der Waals surface area (Å²) in [7, 11) is 1.79. The lowest BCUT2D eigenvalue weighted by Gasteiger charge is -2.10. The fourth-order valence-electron chi connectivity index (χ4n) is 1.70. The Morgan fingerprint density at radius 3 is 2.80 bits per heavy atom. The van der Waals surface area contributed by atoms with Gasteiger partial charge in [0.2, 0.25) is 0 Å². The third-order valence-electron chi connectivity index (χ3n) is 2.61. The van der Waals surface area contributed by atoms with Gasteiger partial charge in [-0.05, 0) is 5.92 Å². The van der Waals surface area contributed by atoms with Gasteiger partial charge in [0.25, 0.3) is 5.56 Å². The highest BCUT2D eigenvalue weighted by Gasteiger charge is 2.10. The summed E-state index contributed by atoms with van der Waals surface area (Å²) in [5.41, 5.74) is 0.198. The molecule has 0 aliphatic carbocycles. The summed E-state index contributed by atoms with van der Waals surface area (Å²) in [5, 5.41) is 11.4. The van der Waals surface area contributed by atoms with E-state index in [1.807, 2.05) is 13.8 Å². The first-order valence-corrected chi connectivity index (χ1v) is 6.69. The van der Waals surface area contributed by atoms with E-state index in [2.05, 4.69) is 20.5 Å². The van der Waals surface area contributed by atoms with E-state index in [4.69, 9.17) is 11.6 Å². The molecule has 0 saturated heterocycles. The second-order valence-electron chi connectivity index (χ2n) is 4.94. The van der Waals surface area contributed by atoms with Gasteiger partial charge in [0, 0.05) is 13.6 Å². The molecule has 0 aliphatic rings. The van der Waals surface area contributed by atoms with Crippen LogP contribution in [-0.2, 0) is 20.1 Å². The quantitative estimate of drug-likeness (QED) is 0.899. The van der Waals surface area contributed by atoms with Gasteiger partial charge >= 0.3 is 0 Å². The lowest BCUT2D eigenvalue weighted by molar-refractivity contribution is 0.464. The Labute approximate surface area is 121 Å². The van der Waals surface area contributed by atoms with Crippen LogP contribution in [0.15, 0.2) is 17.3 Å². The number of hydrogen-bond acceptors (Lipinski definition) is 5. The molecule has 2 heterocycles. The van der Waals surface area contributed by atoms with Gasteiger partial charge in [-0.3, -0.25) is 9.48 Å². The molecule has 20 heavy (non-hydrogen) atoms. The molecule has 2 aromatic rings. The van der Waals surface area contributed by atoms with E-state index in [1.165, 1.54) is 4.68 Å². The molecule has 0 fully saturated rings. The molecule has 0 amide bonds. The zero-order valence-electron chi connectivity index (χ0n) is 11.7. The Balaban J connectivity index is 2.13. The Morgan fingerprint density at radius 2 is 2.20 bits per heavy atom. The lowest BCUT2D eigenvalue weighted by Crippen LogP contribution is -2.26. The van der Waals surface area contributed by atoms with Crippen molar-refractivity contribution in [1.82, 2.24) is 24.5 Å². The monoisotopic (exact) mass is 296 g/mol. The van der Waals surface area contributed by atoms with Crippen LogP contribution in [0.5, 0.6) is 0 Å². The molecular weight excluding hydrogens is 280 g/mol. The van der Waals surface area contributed by atoms with Crippen LogP contribution in [0.25, 0.3) is 0 Å². The molecule has 2 aromatic heterocycles. The average molecular weight is 297 g/mol. The van der Waals surface area contributed by atoms with Crippen molar-refractivity contribution in [2.24, 2.45) is 13.0 Å². The lowest BCUT2D eigenvalue weighted by atomic mass is 10.2. The standard InChI is InChI=1S/C12H17ClN6O/c1-8(2)6-19-12(20)11(13)9(4-16-19)14-5-10-15-7-18(3)17-10/h4,7-8,14H,5-6H2,1-3H3. The maximum atomic E-state index is 12.0. The molecule has 7 nitrogen and oxygen atoms in total. The number of nitrogens with zero attached hydrogens (tertiary/aromatic N) is 5. The van der Waals surface area contributed by atoms with Gasteiger partial charge in [-0.15, -0.1) is 0 Å². The van der Waals surface area contributed by atoms with E-state index in [0.717, 1.165) is 0 Å². The molecule has 0 saturated carbocycles. The van der Waals surface area contributed by atoms with E-state index in [0.29, 0.717) is 30.5 Å². The van der Waals surface area contributed by atoms with Crippen LogP contribution in [0, 0.1) is 5.92 Å². The number of anilines is 1. The number of hydrogen-bond donors (Lipinski definition) is 1. The molecule has 2 rings (SSSR count). The first-order valence-electron chi connectivity index (χ1n) is 6.31. The topological polar surface area (TPSA) is 77.6 Å². The molecule has 8 heteroatoms. The van der Waals surface area contributed by atoms with Gasteiger partial charge in [-0.25, -0.2) is 9.67 Å². The Hall–Kier alpha value is -1.89. The minimum absolute atomic E-state index is 0.136. The van der Waals surface area contributed by atoms with Gasteiger partial charge in [-0.1, -0.05) is 25.4 Å². The summed E-state index contributed by atoms with van der Waals surface area (Å²) in [5.74, 6) is 0.947. The maximum absolute atomic E-state index is 12.0. The van der Waals surface area contributed by atoms with Crippen molar-refractivity contribution >= 4 is 17.3 Å². The van der Waals surface area contributed by atoms with E-state index in [9.17, 15) is 4.79 Å². The summed E-state index contributed by atoms with van der Waals surface area (Å²) >= 11 is 6.07. The highest BCUT2D eigenvalue weighted by Crippen LogP contribution is 2.16. The molecule has 0 bridgehead atoms. The number of nitrogens with one attached hydrogen (secondary N) is 1. The van der Waals surface area contributed by atoms with Crippen molar-refractivity contribution in [3.8, 4) is 0 Å². The van der Waals surface area contributed by atoms with Crippen LogP contribution < -0.4 is 10.9 Å². The Morgan fingerprint density at radius 1 is 1.45 bits per heavy atom. The Kier molecular flexibility index (Phi) is 4.39. The van der Waals surface area contributed by atoms with Crippen LogP contribution in [-0.4, -0.2) is 24.5 Å². The summed E-state index contributed by atoms with van der Waals surface area (Å²) < 4.78 is 2.98. The van der Waals surface area contributed by atoms with E-state index < -0.39 is 0 Å². The summed E-state index contributed by atoms with van der Waals surface area (Å²) in [4.78, 5) is 16.1. The fraction of sp³-hybridized carbons (Fsp3) is 0.500. The SMILES string of the molecule is CC(C)Cn1ncc(NCc2ncn(C)n2)c(Cl)c1=O. The first-order chi connectivity index (χ1) is 9.47. The highest BCUT2D eigenvalue weighted by molar-refractivity contribution is 6.32. The number of aromatic nitrogens is 5. The molecule has 0 aliphatic heterocycles. The van der Waals surface area contributed by atoms with Crippen molar-refractivity contribution in [3.05, 3.63) is 33.7 Å². The molecular formula is C12H17ClN6O. The Bertz CT molecular complexity index is 648. The van der Waals surface area contributed by atoms with E-state index in [1.54, 1.807) is 24.3 Å². The molecule has 0 spiro atoms. The van der Waals surface area contributed by atoms with E-state index >= 15 is 0 Å². The van der Waals surface area contributed by atoms with Crippen molar-refractivity contribution in [1.29, 1.82) is 0 Å². The largest absolute Gasteiger partial charge is 0.375 e. The van der Waals surface area contributed by atoms with Gasteiger partial charge < -0.3 is 5.32 Å². The maximum Gasteiger partial charge on any atom is 0.287 e. The molecule has 0 radical (unpaired) electrons. The van der Waals surface area contributed by atoms with E-state index in [-0.39, 0.29) is 10.6 Å². The zero-order valence-corrected chi connectivity index (χ0v) is 12.4. The fourth-order valence-corrected chi connectivity index (χ4v) is 1.92. The number of aryl methyl sites for hydroxylation is 1. The average Bonchev–Trinajstić information content (AvgIpc) is 2.79. The van der Waals surface area contributed by atoms with Gasteiger partial charge in [-0.2, -0.15) is 10.2 Å². The van der Waals surface area contributed by atoms with Crippen molar-refractivity contribution in [2.45, 2.75) is 26.9 Å². The van der Waals surface area contributed by atoms with Crippen LogP contribution in [0.3, 0.4) is 0 Å². The van der Waals surface area contributed by atoms with Crippen LogP contribution in [0.4, 0.5) is 5.69 Å². The molecule has 0 unspecified atom stereocenters. The predicted molar refractivity (Wildman–Crippen MR) is 76.7 cm³/mol. The normalized spacial score (nSPS) is 11.1. The summed E-state index contributed by atoms with van der Waals surface area (Å²) in [6.07, 6.45) is 3.16. The second-order valence-corrected chi connectivity index (χ2v) is 5.32. The second kappa shape index (κ2) is 6.04. The minimum Gasteiger partial charge on any atom is -0.375 e. The number of halogens is 1. The van der Waals surface area contributed by atoms with Gasteiger partial charge in [0.1, 0.15) is 11.3 Å². The molecule has 1 N–H and O–H groups in total. The number of rotatable bonds is 5. The predicted octanol–water partition coefficient (Wildman–Crippen LogP) is 1.29. The summed E-state index contributed by atoms with van der Waals surface area (Å²) in [6, 6.07) is 0. The molecule has 0 aromatic carbocycles. The molecule has 108 valence electrons. The highest BCUT2D eigenvalue weighted by atomic mass is 35.5. The third-order valence-corrected chi connectivity index (χ3v) is 2.97. The third kappa shape index (κ3) is 3.36. The van der Waals surface area contributed by atoms with Crippen LogP contribution in [0.2, 0.25) is 5.02 Å². The minimum atomic E-state index is -0.292. The van der Waals surface area contributed by atoms with Gasteiger partial charge in [0.15, 0.2) is 5.82 Å². The zero-order chi connectivity index (χ0) is 14.7. The molecule has 0 atom stereocenters. The first kappa shape index (κ1) is 14.5. The van der Waals surface area contributed by atoms with Crippen LogP contribution >= 0.6 is 11.6 Å². The van der Waals surface area contributed by atoms with Crippen LogP contribution in [0.1, 0.15) is 19.7 Å². The van der Waals surface area contributed by atoms with Crippen molar-refractivity contribution < 1.29 is 0 Å². The van der Waals surface area contributed by atoms with Crippen molar-refractivity contribution in [3.63, 3.8) is 0 Å². The van der Waals surface area contributed by atoms with Crippen molar-refractivity contribution in [2.75, 3.05) is 5.32 Å². The summed E-state index contributed by atoms with van der Waals surface area (Å²) in [6.45, 7) is 4.96. The smallest absolute Gasteiger partial charge is 0.287 e.